The highest BCUT2D eigenvalue weighted by Crippen LogP contribution is 2.39. The van der Waals surface area contributed by atoms with Crippen molar-refractivity contribution in [2.24, 2.45) is 11.5 Å². The number of ether oxygens (including phenoxy) is 14. The molecule has 0 aliphatic carbocycles. The molecule has 7 heterocycles. The SMILES string of the molecule is CCCCCCCCCCCCC/C=C/C(O)C(COC1OC(CO)[C@H](O)C(OC2OC(CO)[C@H](OC3OC(CO)[C@H](O)C(OC4OC(CO)[C@@H](O[C@@H]5OC(CO)[C@H](O)C(O)C5O[C@@H]5OC(C)[C@@H](O)C(O)C5O)C(O[C@@H]5OC(C)[C@@H](O)C(O)C5O)C4N)C3O)C(O)C2N)C1O)NC(=O)CCCCCCCCCCCCCCC. The van der Waals surface area contributed by atoms with Crippen LogP contribution >= 0.6 is 0 Å². The molecule has 0 aromatic heterocycles. The zero-order valence-corrected chi connectivity index (χ0v) is 65.9. The maximum absolute atomic E-state index is 13.6. The van der Waals surface area contributed by atoms with Crippen LogP contribution in [-0.2, 0) is 71.1 Å². The van der Waals surface area contributed by atoms with Crippen molar-refractivity contribution in [3.8, 4) is 0 Å². The third-order valence-electron chi connectivity index (χ3n) is 22.6. The molecule has 27 unspecified atom stereocenters. The maximum atomic E-state index is 13.6. The van der Waals surface area contributed by atoms with Crippen LogP contribution in [0.1, 0.15) is 195 Å². The molecule has 7 aliphatic heterocycles. The fraction of sp³-hybridized carbons (Fsp3) is 0.961. The summed E-state index contributed by atoms with van der Waals surface area (Å²) >= 11 is 0. The van der Waals surface area contributed by atoms with Gasteiger partial charge in [0, 0.05) is 6.42 Å². The fourth-order valence-electron chi connectivity index (χ4n) is 15.4. The Balaban J connectivity index is 1.02. The number of carbonyl (C=O) groups is 1. The van der Waals surface area contributed by atoms with Crippen molar-refractivity contribution in [2.75, 3.05) is 39.6 Å². The molecule has 37 heteroatoms. The summed E-state index contributed by atoms with van der Waals surface area (Å²) in [5.41, 5.74) is 13.5. The van der Waals surface area contributed by atoms with Crippen molar-refractivity contribution in [1.29, 1.82) is 0 Å². The van der Waals surface area contributed by atoms with Crippen molar-refractivity contribution in [1.82, 2.24) is 5.32 Å². The molecule has 37 atom stereocenters. The number of allylic oxidation sites excluding steroid dienone is 1. The molecule has 7 fully saturated rings. The largest absolute Gasteiger partial charge is 0.394 e. The summed E-state index contributed by atoms with van der Waals surface area (Å²) < 4.78 is 83.9. The van der Waals surface area contributed by atoms with Gasteiger partial charge in [0.25, 0.3) is 0 Å². The van der Waals surface area contributed by atoms with Gasteiger partial charge in [-0.1, -0.05) is 167 Å². The molecule has 0 bridgehead atoms. The second-order valence-corrected chi connectivity index (χ2v) is 31.4. The van der Waals surface area contributed by atoms with Crippen molar-refractivity contribution in [3.63, 3.8) is 0 Å². The highest BCUT2D eigenvalue weighted by atomic mass is 16.8. The Bertz CT molecular complexity index is 2610. The van der Waals surface area contributed by atoms with Gasteiger partial charge in [0.05, 0.1) is 76.1 Å². The van der Waals surface area contributed by atoms with Crippen LogP contribution in [0.4, 0.5) is 0 Å². The molecule has 7 rings (SSSR count). The minimum Gasteiger partial charge on any atom is -0.394 e. The standard InChI is InChI=1S/C76H139N3O34/c1-5-7-9-11-13-15-17-19-21-23-25-27-29-31-42(85)41(79-48(86)32-30-28-26-24-22-20-18-16-14-12-10-8-6-2)38-100-72-62(98)67(54(90)44(34-81)103-72)111-70-49(77)56(92)64(46(36-83)106-70)108-75-63(99)68(55(91)45(35-82)104-75)112-71-50(78)66(110-73-60(96)57(93)51(87)39(3)101-73)65(47(37-84)107-71)109-76-69(59(95)53(89)43(33-80)105-76)113-74-61(97)58(94)52(88)40(4)102-74/h29,31,39-47,49-76,80-85,87-99H,5-28,30,32-38,77-78H2,1-4H3,(H,79,86)/b31-29+/t39?,40?,41?,42?,43?,44?,45?,46?,47?,49?,50?,51-,52-,53+,54+,55+,56?,57?,58?,59?,60?,61?,62?,63?,64+,65-,66?,67?,68?,69?,70?,71?,72?,73+,74+,75?,76+/m1/s1. The second kappa shape index (κ2) is 50.3. The molecular formula is C76H139N3O34. The van der Waals surface area contributed by atoms with E-state index in [0.29, 0.717) is 12.8 Å². The number of aliphatic hydroxyl groups is 19. The quantitative estimate of drug-likeness (QED) is 0.0206. The van der Waals surface area contributed by atoms with E-state index >= 15 is 0 Å². The minimum atomic E-state index is -2.23. The molecule has 662 valence electrons. The van der Waals surface area contributed by atoms with Crippen LogP contribution in [0.5, 0.6) is 0 Å². The highest BCUT2D eigenvalue weighted by molar-refractivity contribution is 5.76. The smallest absolute Gasteiger partial charge is 0.220 e. The Morgan fingerprint density at radius 3 is 1.19 bits per heavy atom. The molecular weight excluding hydrogens is 1500 g/mol. The van der Waals surface area contributed by atoms with E-state index in [-0.39, 0.29) is 12.3 Å². The second-order valence-electron chi connectivity index (χ2n) is 31.4. The Kier molecular flexibility index (Phi) is 43.6. The first-order chi connectivity index (χ1) is 54.2. The summed E-state index contributed by atoms with van der Waals surface area (Å²) in [6.07, 6.45) is -30.5. The summed E-state index contributed by atoms with van der Waals surface area (Å²) in [7, 11) is 0. The van der Waals surface area contributed by atoms with E-state index in [0.717, 1.165) is 51.4 Å². The third kappa shape index (κ3) is 27.7. The van der Waals surface area contributed by atoms with Gasteiger partial charge in [-0.05, 0) is 33.1 Å². The van der Waals surface area contributed by atoms with Crippen LogP contribution in [-0.4, -0.2) is 370 Å². The van der Waals surface area contributed by atoms with Gasteiger partial charge in [-0.2, -0.15) is 0 Å². The maximum Gasteiger partial charge on any atom is 0.220 e. The van der Waals surface area contributed by atoms with E-state index in [1.807, 2.05) is 6.08 Å². The molecule has 7 saturated heterocycles. The lowest BCUT2D eigenvalue weighted by Gasteiger charge is -2.51. The van der Waals surface area contributed by atoms with Gasteiger partial charge < -0.3 is 180 Å². The average Bonchev–Trinajstić information content (AvgIpc) is 0.764. The fourth-order valence-corrected chi connectivity index (χ4v) is 15.4. The summed E-state index contributed by atoms with van der Waals surface area (Å²) in [6.45, 7) is 1.66. The number of amides is 1. The van der Waals surface area contributed by atoms with E-state index in [4.69, 9.17) is 77.8 Å². The lowest BCUT2D eigenvalue weighted by molar-refractivity contribution is -0.400. The van der Waals surface area contributed by atoms with E-state index in [2.05, 4.69) is 19.2 Å². The molecule has 0 radical (unpaired) electrons. The Labute approximate surface area is 661 Å². The zero-order chi connectivity index (χ0) is 82.6. The molecule has 0 aromatic rings. The zero-order valence-electron chi connectivity index (χ0n) is 65.9. The molecule has 1 amide bonds. The lowest BCUT2D eigenvalue weighted by Crippen LogP contribution is -2.71. The number of hydrogen-bond donors (Lipinski definition) is 22. The normalized spacial score (nSPS) is 41.2. The summed E-state index contributed by atoms with van der Waals surface area (Å²) in [6, 6.07) is -4.66. The summed E-state index contributed by atoms with van der Waals surface area (Å²) in [5.74, 6) is -0.343. The number of aliphatic hydroxyl groups excluding tert-OH is 19. The monoisotopic (exact) mass is 1640 g/mol. The molecule has 0 saturated carbocycles. The van der Waals surface area contributed by atoms with Crippen molar-refractivity contribution >= 4 is 5.91 Å². The predicted octanol–water partition coefficient (Wildman–Crippen LogP) is -3.68. The van der Waals surface area contributed by atoms with E-state index in [9.17, 15) is 102 Å². The molecule has 37 nitrogen and oxygen atoms in total. The van der Waals surface area contributed by atoms with Gasteiger partial charge in [-0.3, -0.25) is 4.79 Å². The number of nitrogens with two attached hydrogens (primary N) is 2. The van der Waals surface area contributed by atoms with Crippen LogP contribution in [0, 0.1) is 0 Å². The van der Waals surface area contributed by atoms with Gasteiger partial charge in [-0.25, -0.2) is 0 Å². The number of hydrogen-bond acceptors (Lipinski definition) is 36. The van der Waals surface area contributed by atoms with E-state index < -0.39 is 267 Å². The molecule has 0 aromatic carbocycles. The highest BCUT2D eigenvalue weighted by Gasteiger charge is 2.59. The van der Waals surface area contributed by atoms with Crippen molar-refractivity contribution in [2.45, 2.75) is 422 Å². The van der Waals surface area contributed by atoms with Crippen LogP contribution in [0.15, 0.2) is 12.2 Å². The number of carbonyl (C=O) groups excluding carboxylic acids is 1. The summed E-state index contributed by atoms with van der Waals surface area (Å²) in [5, 5.41) is 214. The topological polar surface area (TPSA) is 595 Å². The van der Waals surface area contributed by atoms with Crippen LogP contribution in [0.2, 0.25) is 0 Å². The van der Waals surface area contributed by atoms with Gasteiger partial charge in [0.15, 0.2) is 44.0 Å². The van der Waals surface area contributed by atoms with Crippen LogP contribution in [0.25, 0.3) is 0 Å². The van der Waals surface area contributed by atoms with Crippen molar-refractivity contribution in [3.05, 3.63) is 12.2 Å². The first-order valence-corrected chi connectivity index (χ1v) is 41.4. The average molecular weight is 1640 g/mol. The number of rotatable bonds is 49. The van der Waals surface area contributed by atoms with E-state index in [1.165, 1.54) is 110 Å². The van der Waals surface area contributed by atoms with Crippen LogP contribution in [0.3, 0.4) is 0 Å². The van der Waals surface area contributed by atoms with Gasteiger partial charge in [-0.15, -0.1) is 0 Å². The predicted molar refractivity (Wildman–Crippen MR) is 395 cm³/mol. The Morgan fingerprint density at radius 2 is 0.717 bits per heavy atom. The number of nitrogens with one attached hydrogen (secondary N) is 1. The lowest BCUT2D eigenvalue weighted by atomic mass is 9.94. The van der Waals surface area contributed by atoms with Gasteiger partial charge in [0.2, 0.25) is 5.91 Å². The van der Waals surface area contributed by atoms with E-state index in [1.54, 1.807) is 6.08 Å². The summed E-state index contributed by atoms with van der Waals surface area (Å²) in [4.78, 5) is 13.6. The van der Waals surface area contributed by atoms with Gasteiger partial charge >= 0.3 is 0 Å². The first-order valence-electron chi connectivity index (χ1n) is 41.4. The third-order valence-corrected chi connectivity index (χ3v) is 22.6. The molecule has 0 spiro atoms. The molecule has 24 N–H and O–H groups in total. The van der Waals surface area contributed by atoms with Crippen molar-refractivity contribution < 1.29 is 168 Å². The Morgan fingerprint density at radius 1 is 0.354 bits per heavy atom. The first kappa shape index (κ1) is 97.9. The number of unbranched alkanes of at least 4 members (excludes halogenated alkanes) is 23. The minimum absolute atomic E-state index is 0.173. The Hall–Kier alpha value is -2.19. The van der Waals surface area contributed by atoms with Gasteiger partial charge in [0.1, 0.15) is 146 Å². The van der Waals surface area contributed by atoms with Crippen LogP contribution < -0.4 is 16.8 Å². The molecule has 7 aliphatic rings. The molecule has 113 heavy (non-hydrogen) atoms.